The number of hydrogen-bond donors (Lipinski definition) is 0. The molecule has 0 fully saturated rings. The van der Waals surface area contributed by atoms with Crippen molar-refractivity contribution < 1.29 is 22.7 Å². The third kappa shape index (κ3) is 5.77. The van der Waals surface area contributed by atoms with Crippen LogP contribution in [0.25, 0.3) is 11.5 Å². The Hall–Kier alpha value is -1.76. The van der Waals surface area contributed by atoms with Gasteiger partial charge in [0.2, 0.25) is 5.76 Å². The summed E-state index contributed by atoms with van der Waals surface area (Å²) in [6.07, 6.45) is 0. The fraction of sp³-hybridized carbons (Fsp3) is 0.364. The van der Waals surface area contributed by atoms with Crippen molar-refractivity contribution >= 4 is 27.3 Å². The maximum atomic E-state index is 13.1. The average Bonchev–Trinajstić information content (AvgIpc) is 2.79. The van der Waals surface area contributed by atoms with E-state index < -0.39 is 15.8 Å². The molecule has 0 bridgehead atoms. The zero-order valence-electron chi connectivity index (χ0n) is 20.1. The topological polar surface area (TPSA) is 63.7 Å². The second-order valence-electron chi connectivity index (χ2n) is 7.44. The summed E-state index contributed by atoms with van der Waals surface area (Å²) in [7, 11) is 7.99. The van der Waals surface area contributed by atoms with Crippen molar-refractivity contribution in [3.63, 3.8) is 0 Å². The van der Waals surface area contributed by atoms with Crippen molar-refractivity contribution in [2.75, 3.05) is 56.5 Å². The Morgan fingerprint density at radius 2 is 1.06 bits per heavy atom. The normalized spacial score (nSPS) is 13.5. The predicted molar refractivity (Wildman–Crippen MR) is 131 cm³/mol. The van der Waals surface area contributed by atoms with Gasteiger partial charge in [-0.3, -0.25) is 13.6 Å². The summed E-state index contributed by atoms with van der Waals surface area (Å²) in [4.78, 5) is 0. The predicted octanol–water partition coefficient (Wildman–Crippen LogP) is 5.31. The summed E-state index contributed by atoms with van der Waals surface area (Å²) in [6.45, 7) is 0. The Balaban J connectivity index is 2.88. The molecule has 0 atom stereocenters. The van der Waals surface area contributed by atoms with Crippen molar-refractivity contribution in [3.8, 4) is 0 Å². The zero-order valence-corrected chi connectivity index (χ0v) is 21.8. The van der Waals surface area contributed by atoms with E-state index in [1.807, 2.05) is 117 Å². The van der Waals surface area contributed by atoms with Crippen LogP contribution in [0, 0.1) is 0 Å². The average molecular weight is 482 g/mol. The highest BCUT2D eigenvalue weighted by atomic mass is 31.2. The first-order valence-electron chi connectivity index (χ1n) is 9.99. The maximum absolute atomic E-state index is 13.1. The van der Waals surface area contributed by atoms with Crippen LogP contribution in [0.2, 0.25) is 0 Å². The van der Waals surface area contributed by atoms with Crippen molar-refractivity contribution in [1.29, 1.82) is 0 Å². The largest absolute Gasteiger partial charge is 0.529 e. The van der Waals surface area contributed by atoms with Gasteiger partial charge in [-0.1, -0.05) is 60.7 Å². The summed E-state index contributed by atoms with van der Waals surface area (Å²) in [5, 5.41) is 0. The molecule has 0 aliphatic carbocycles. The van der Waals surface area contributed by atoms with E-state index in [4.69, 9.17) is 18.1 Å². The summed E-state index contributed by atoms with van der Waals surface area (Å²) in [5.74, 6) is 0.689. The molecule has 32 heavy (non-hydrogen) atoms. The van der Waals surface area contributed by atoms with Gasteiger partial charge in [0.1, 0.15) is 0 Å². The quantitative estimate of drug-likeness (QED) is 0.243. The van der Waals surface area contributed by atoms with Crippen LogP contribution in [-0.2, 0) is 22.7 Å². The highest BCUT2D eigenvalue weighted by molar-refractivity contribution is 7.64. The van der Waals surface area contributed by atoms with Gasteiger partial charge in [-0.15, -0.1) is 14.0 Å². The van der Waals surface area contributed by atoms with Gasteiger partial charge in [0.05, 0.1) is 0 Å². The molecule has 2 rings (SSSR count). The Morgan fingerprint density at radius 3 is 1.41 bits per heavy atom. The van der Waals surface area contributed by atoms with E-state index in [1.54, 1.807) is 0 Å². The first-order chi connectivity index (χ1) is 15.1. The van der Waals surface area contributed by atoms with Gasteiger partial charge >= 0.3 is 15.8 Å². The lowest BCUT2D eigenvalue weighted by Crippen LogP contribution is -2.37. The Morgan fingerprint density at radius 1 is 0.688 bits per heavy atom. The monoisotopic (exact) mass is 482 g/mol. The number of hydrogen-bond acceptors (Lipinski definition) is 8. The minimum absolute atomic E-state index is 0.263. The molecule has 8 nitrogen and oxygen atoms in total. The molecule has 0 saturated carbocycles. The number of nitrogens with zero attached hydrogens (tertiary/aromatic N) is 3. The van der Waals surface area contributed by atoms with Crippen LogP contribution in [0.4, 0.5) is 0 Å². The van der Waals surface area contributed by atoms with Crippen LogP contribution in [-0.4, -0.2) is 70.5 Å². The van der Waals surface area contributed by atoms with Gasteiger partial charge in [0.15, 0.2) is 5.76 Å². The van der Waals surface area contributed by atoms with E-state index >= 15 is 0 Å². The fourth-order valence-corrected chi connectivity index (χ4v) is 7.11. The SMILES string of the molecule is COP(=O)(OC)O/C(=C(/O[P+](N(C)C)(N(C)C)N(C)C)c1ccccc1)c1ccccc1. The van der Waals surface area contributed by atoms with Crippen molar-refractivity contribution in [3.05, 3.63) is 71.8 Å². The van der Waals surface area contributed by atoms with Gasteiger partial charge in [-0.2, -0.15) is 0 Å². The van der Waals surface area contributed by atoms with Gasteiger partial charge in [-0.25, -0.2) is 4.57 Å². The van der Waals surface area contributed by atoms with Gasteiger partial charge in [0.25, 0.3) is 0 Å². The lowest BCUT2D eigenvalue weighted by molar-refractivity contribution is 0.200. The molecular formula is C22H34N3O5P2+. The summed E-state index contributed by atoms with van der Waals surface area (Å²) in [5.41, 5.74) is 1.44. The molecule has 0 radical (unpaired) electrons. The number of phosphoric ester groups is 1. The molecule has 2 aromatic carbocycles. The first-order valence-corrected chi connectivity index (χ1v) is 13.0. The second kappa shape index (κ2) is 11.4. The molecule has 176 valence electrons. The molecule has 0 N–H and O–H groups in total. The van der Waals surface area contributed by atoms with Crippen molar-refractivity contribution in [1.82, 2.24) is 14.0 Å². The van der Waals surface area contributed by atoms with Crippen LogP contribution < -0.4 is 0 Å². The number of benzene rings is 2. The molecule has 0 unspecified atom stereocenters. The third-order valence-electron chi connectivity index (χ3n) is 4.71. The van der Waals surface area contributed by atoms with Crippen molar-refractivity contribution in [2.45, 2.75) is 0 Å². The Bertz CT molecular complexity index is 907. The highest BCUT2D eigenvalue weighted by Crippen LogP contribution is 2.67. The number of phosphoric acid groups is 1. The molecule has 0 aliphatic heterocycles. The van der Waals surface area contributed by atoms with Gasteiger partial charge in [0, 0.05) is 67.6 Å². The van der Waals surface area contributed by atoms with E-state index in [1.165, 1.54) is 14.2 Å². The minimum atomic E-state index is -3.88. The molecular weight excluding hydrogens is 448 g/mol. The molecule has 0 heterocycles. The highest BCUT2D eigenvalue weighted by Gasteiger charge is 2.53. The maximum Gasteiger partial charge on any atom is 0.529 e. The smallest absolute Gasteiger partial charge is 0.399 e. The van der Waals surface area contributed by atoms with E-state index in [0.29, 0.717) is 11.3 Å². The van der Waals surface area contributed by atoms with Gasteiger partial charge in [-0.05, 0) is 0 Å². The molecule has 2 aromatic rings. The van der Waals surface area contributed by atoms with Crippen LogP contribution in [0.15, 0.2) is 60.7 Å². The Kier molecular flexibility index (Phi) is 9.43. The third-order valence-corrected chi connectivity index (χ3v) is 9.56. The van der Waals surface area contributed by atoms with Crippen LogP contribution in [0.3, 0.4) is 0 Å². The lowest BCUT2D eigenvalue weighted by Gasteiger charge is -2.37. The molecule has 0 saturated heterocycles. The second-order valence-corrected chi connectivity index (χ2v) is 12.9. The standard InChI is InChI=1S/C22H34N3O5P2/c1-23(2)31(24(3)4,25(5)6)29-21(19-15-11-9-12-16-19)22(20-17-13-10-14-18-20)30-32(26,27-7)28-8/h9-18H,1-8H3/q+1/b22-21+. The Labute approximate surface area is 192 Å². The minimum Gasteiger partial charge on any atom is -0.399 e. The number of rotatable bonds is 11. The lowest BCUT2D eigenvalue weighted by atomic mass is 10.1. The molecule has 0 amide bonds. The van der Waals surface area contributed by atoms with E-state index in [9.17, 15) is 4.57 Å². The summed E-state index contributed by atoms with van der Waals surface area (Å²) >= 11 is 0. The van der Waals surface area contributed by atoms with E-state index in [2.05, 4.69) is 0 Å². The summed E-state index contributed by atoms with van der Waals surface area (Å²) < 4.78 is 42.2. The van der Waals surface area contributed by atoms with Crippen LogP contribution in [0.1, 0.15) is 11.1 Å². The zero-order chi connectivity index (χ0) is 23.9. The van der Waals surface area contributed by atoms with E-state index in [0.717, 1.165) is 5.56 Å². The molecule has 0 aliphatic rings. The van der Waals surface area contributed by atoms with Crippen LogP contribution in [0.5, 0.6) is 0 Å². The summed E-state index contributed by atoms with van der Waals surface area (Å²) in [6, 6.07) is 18.9. The van der Waals surface area contributed by atoms with E-state index in [-0.39, 0.29) is 5.76 Å². The fourth-order valence-electron chi connectivity index (χ4n) is 3.33. The van der Waals surface area contributed by atoms with Crippen molar-refractivity contribution in [2.24, 2.45) is 0 Å². The molecule has 0 aromatic heterocycles. The van der Waals surface area contributed by atoms with Gasteiger partial charge < -0.3 is 4.52 Å². The first kappa shape index (κ1) is 26.5. The van der Waals surface area contributed by atoms with Crippen LogP contribution >= 0.6 is 15.8 Å². The molecule has 0 spiro atoms. The molecule has 10 heteroatoms.